The monoisotopic (exact) mass is 564 g/mol. The Kier molecular flexibility index (Phi) is 5.74. The second-order valence-corrected chi connectivity index (χ2v) is 9.19. The van der Waals surface area contributed by atoms with Gasteiger partial charge in [0.25, 0.3) is 5.91 Å². The molecule has 0 radical (unpaired) electrons. The Morgan fingerprint density at radius 1 is 1.06 bits per heavy atom. The molecule has 32 heavy (non-hydrogen) atoms. The normalized spacial score (nSPS) is 14.7. The highest BCUT2D eigenvalue weighted by Crippen LogP contribution is 2.23. The third kappa shape index (κ3) is 4.05. The van der Waals surface area contributed by atoms with Crippen molar-refractivity contribution >= 4 is 67.9 Å². The number of amides is 1. The van der Waals surface area contributed by atoms with Gasteiger partial charge in [0.1, 0.15) is 5.52 Å². The zero-order valence-electron chi connectivity index (χ0n) is 16.8. The number of aromatic nitrogens is 4. The van der Waals surface area contributed by atoms with E-state index in [1.807, 2.05) is 17.1 Å². The van der Waals surface area contributed by atoms with Crippen molar-refractivity contribution in [3.05, 3.63) is 56.4 Å². The Bertz CT molecular complexity index is 1340. The number of nitrogens with zero attached hydrogens (tertiary/aromatic N) is 4. The number of nitrogens with one attached hydrogen (secondary N) is 2. The highest BCUT2D eigenvalue weighted by atomic mass is 127. The zero-order valence-corrected chi connectivity index (χ0v) is 19.7. The number of carbonyl (C=O) groups excluding carboxylic acids is 2. The van der Waals surface area contributed by atoms with E-state index in [1.165, 1.54) is 0 Å². The van der Waals surface area contributed by atoms with Gasteiger partial charge in [-0.2, -0.15) is 5.10 Å². The van der Waals surface area contributed by atoms with Crippen molar-refractivity contribution < 1.29 is 14.4 Å². The van der Waals surface area contributed by atoms with Gasteiger partial charge in [-0.1, -0.05) is 22.9 Å². The lowest BCUT2D eigenvalue weighted by Crippen LogP contribution is -2.45. The molecule has 9 nitrogen and oxygen atoms in total. The first-order valence-electron chi connectivity index (χ1n) is 10.1. The van der Waals surface area contributed by atoms with Crippen LogP contribution in [0.3, 0.4) is 0 Å². The van der Waals surface area contributed by atoms with Crippen LogP contribution in [-0.4, -0.2) is 50.1 Å². The predicted octanol–water partition coefficient (Wildman–Crippen LogP) is 3.57. The molecule has 3 heterocycles. The van der Waals surface area contributed by atoms with E-state index in [2.05, 4.69) is 43.3 Å². The fraction of sp³-hybridized carbons (Fsp3) is 0.238. The Balaban J connectivity index is 1.47. The molecule has 1 amide bonds. The van der Waals surface area contributed by atoms with Crippen molar-refractivity contribution in [1.82, 2.24) is 30.6 Å². The van der Waals surface area contributed by atoms with Gasteiger partial charge in [0.05, 0.1) is 5.52 Å². The van der Waals surface area contributed by atoms with Crippen molar-refractivity contribution in [2.24, 2.45) is 0 Å². The number of carbonyl (C=O) groups is 2. The Morgan fingerprint density at radius 2 is 1.88 bits per heavy atom. The predicted molar refractivity (Wildman–Crippen MR) is 127 cm³/mol. The summed E-state index contributed by atoms with van der Waals surface area (Å²) in [5.41, 5.74) is 4.34. The second-order valence-electron chi connectivity index (χ2n) is 7.51. The van der Waals surface area contributed by atoms with Gasteiger partial charge in [0, 0.05) is 32.5 Å². The van der Waals surface area contributed by atoms with Gasteiger partial charge >= 0.3 is 5.97 Å². The van der Waals surface area contributed by atoms with Gasteiger partial charge in [0.2, 0.25) is 0 Å². The van der Waals surface area contributed by atoms with Crippen LogP contribution in [0.25, 0.3) is 21.8 Å². The zero-order chi connectivity index (χ0) is 22.2. The molecule has 2 aromatic heterocycles. The number of H-pyrrole nitrogens is 1. The summed E-state index contributed by atoms with van der Waals surface area (Å²) in [5.74, 6) is -1.06. The van der Waals surface area contributed by atoms with Crippen molar-refractivity contribution in [2.45, 2.75) is 19.3 Å². The molecule has 0 spiro atoms. The van der Waals surface area contributed by atoms with E-state index in [4.69, 9.17) is 16.4 Å². The minimum Gasteiger partial charge on any atom is -0.311 e. The molecule has 0 unspecified atom stereocenters. The molecule has 0 atom stereocenters. The van der Waals surface area contributed by atoms with Crippen LogP contribution in [0.4, 0.5) is 0 Å². The molecule has 2 N–H and O–H groups in total. The summed E-state index contributed by atoms with van der Waals surface area (Å²) in [5, 5.41) is 14.7. The number of rotatable bonds is 4. The Labute approximate surface area is 201 Å². The lowest BCUT2D eigenvalue weighted by Gasteiger charge is -2.26. The molecule has 0 aliphatic carbocycles. The summed E-state index contributed by atoms with van der Waals surface area (Å²) in [7, 11) is 0. The Morgan fingerprint density at radius 3 is 2.69 bits per heavy atom. The van der Waals surface area contributed by atoms with E-state index in [0.717, 1.165) is 40.8 Å². The first-order chi connectivity index (χ1) is 15.5. The van der Waals surface area contributed by atoms with E-state index in [1.54, 1.807) is 24.3 Å². The molecule has 11 heteroatoms. The van der Waals surface area contributed by atoms with Crippen LogP contribution in [0.2, 0.25) is 5.02 Å². The topological polar surface area (TPSA) is 105 Å². The highest BCUT2D eigenvalue weighted by Gasteiger charge is 2.24. The van der Waals surface area contributed by atoms with E-state index >= 15 is 0 Å². The standard InChI is InChI=1S/C21H18ClIN6O3/c22-12-4-6-16-14(10-12)19(25-24-16)21(31)32-29-17-7-5-13(23)11-15(17)18(26-29)20(30)27-28-8-2-1-3-9-28/h4-7,10-11H,1-3,8-9H2,(H,24,25)(H,27,30). The number of hydrogen-bond donors (Lipinski definition) is 2. The first-order valence-corrected chi connectivity index (χ1v) is 11.6. The number of aromatic amines is 1. The molecule has 0 bridgehead atoms. The van der Waals surface area contributed by atoms with E-state index < -0.39 is 5.97 Å². The van der Waals surface area contributed by atoms with E-state index in [0.29, 0.717) is 26.8 Å². The molecule has 0 saturated carbocycles. The quantitative estimate of drug-likeness (QED) is 0.367. The maximum atomic E-state index is 13.0. The summed E-state index contributed by atoms with van der Waals surface area (Å²) in [6.45, 7) is 1.59. The molecule has 1 saturated heterocycles. The van der Waals surface area contributed by atoms with E-state index in [9.17, 15) is 9.59 Å². The van der Waals surface area contributed by atoms with Crippen molar-refractivity contribution in [3.63, 3.8) is 0 Å². The average Bonchev–Trinajstić information content (AvgIpc) is 3.35. The smallest absolute Gasteiger partial charge is 0.311 e. The van der Waals surface area contributed by atoms with Gasteiger partial charge in [-0.3, -0.25) is 15.3 Å². The molecule has 1 aliphatic rings. The largest absolute Gasteiger partial charge is 0.386 e. The van der Waals surface area contributed by atoms with Gasteiger partial charge in [-0.25, -0.2) is 9.80 Å². The van der Waals surface area contributed by atoms with Gasteiger partial charge in [-0.05, 0) is 71.8 Å². The summed E-state index contributed by atoms with van der Waals surface area (Å²) < 4.78 is 0.931. The van der Waals surface area contributed by atoms with Gasteiger partial charge < -0.3 is 4.84 Å². The van der Waals surface area contributed by atoms with Crippen LogP contribution >= 0.6 is 34.2 Å². The van der Waals surface area contributed by atoms with Crippen LogP contribution < -0.4 is 10.3 Å². The van der Waals surface area contributed by atoms with E-state index in [-0.39, 0.29) is 17.3 Å². The second kappa shape index (κ2) is 8.68. The van der Waals surface area contributed by atoms with Crippen LogP contribution in [0, 0.1) is 3.57 Å². The number of benzene rings is 2. The molecule has 1 aliphatic heterocycles. The third-order valence-electron chi connectivity index (χ3n) is 5.33. The van der Waals surface area contributed by atoms with Crippen LogP contribution in [0.1, 0.15) is 40.2 Å². The summed E-state index contributed by atoms with van der Waals surface area (Å²) in [6.07, 6.45) is 3.23. The average molecular weight is 565 g/mol. The SMILES string of the molecule is O=C(On1nc(C(=O)NN2CCCCC2)c2cc(I)ccc21)c1n[nH]c2ccc(Cl)cc12. The van der Waals surface area contributed by atoms with Crippen molar-refractivity contribution in [1.29, 1.82) is 0 Å². The molecule has 1 fully saturated rings. The fourth-order valence-electron chi connectivity index (χ4n) is 3.77. The van der Waals surface area contributed by atoms with Crippen molar-refractivity contribution in [2.75, 3.05) is 13.1 Å². The highest BCUT2D eigenvalue weighted by molar-refractivity contribution is 14.1. The summed E-state index contributed by atoms with van der Waals surface area (Å²) in [6, 6.07) is 10.5. The molecular formula is C21H18ClIN6O3. The first kappa shape index (κ1) is 21.2. The molecule has 164 valence electrons. The van der Waals surface area contributed by atoms with Crippen LogP contribution in [0.15, 0.2) is 36.4 Å². The van der Waals surface area contributed by atoms with Crippen LogP contribution in [0.5, 0.6) is 0 Å². The minimum absolute atomic E-state index is 0.0796. The molecule has 4 aromatic rings. The van der Waals surface area contributed by atoms with Crippen molar-refractivity contribution in [3.8, 4) is 0 Å². The molecule has 5 rings (SSSR count). The number of fused-ring (bicyclic) bond motifs is 2. The Hall–Kier alpha value is -2.70. The maximum Gasteiger partial charge on any atom is 0.386 e. The fourth-order valence-corrected chi connectivity index (χ4v) is 4.43. The lowest BCUT2D eigenvalue weighted by atomic mass is 10.2. The minimum atomic E-state index is -0.718. The van der Waals surface area contributed by atoms with Gasteiger partial charge in [0.15, 0.2) is 11.4 Å². The van der Waals surface area contributed by atoms with Crippen LogP contribution in [-0.2, 0) is 0 Å². The molecule has 2 aromatic carbocycles. The number of hydrazine groups is 1. The lowest BCUT2D eigenvalue weighted by molar-refractivity contribution is 0.0408. The number of halogens is 2. The maximum absolute atomic E-state index is 13.0. The number of hydrogen-bond acceptors (Lipinski definition) is 6. The summed E-state index contributed by atoms with van der Waals surface area (Å²) >= 11 is 8.23. The van der Waals surface area contributed by atoms with Gasteiger partial charge in [-0.15, -0.1) is 5.10 Å². The third-order valence-corrected chi connectivity index (χ3v) is 6.24. The molecular weight excluding hydrogens is 547 g/mol. The summed E-state index contributed by atoms with van der Waals surface area (Å²) in [4.78, 5) is 32.5. The number of piperidine rings is 1.